The molecule has 190 valence electrons. The summed E-state index contributed by atoms with van der Waals surface area (Å²) >= 11 is 1.57. The Kier molecular flexibility index (Phi) is 6.36. The lowest BCUT2D eigenvalue weighted by Crippen LogP contribution is -2.43. The second kappa shape index (κ2) is 9.81. The fraction of sp³-hybridized carbons (Fsp3) is 0.250. The first-order chi connectivity index (χ1) is 18.0. The van der Waals surface area contributed by atoms with Crippen molar-refractivity contribution in [3.63, 3.8) is 0 Å². The molecule has 1 aromatic heterocycles. The lowest BCUT2D eigenvalue weighted by Gasteiger charge is -2.27. The van der Waals surface area contributed by atoms with Crippen molar-refractivity contribution >= 4 is 38.0 Å². The number of hydrogen-bond donors (Lipinski definition) is 0. The van der Waals surface area contributed by atoms with E-state index in [9.17, 15) is 13.2 Å². The molecule has 0 saturated heterocycles. The van der Waals surface area contributed by atoms with E-state index in [1.807, 2.05) is 66.0 Å². The van der Waals surface area contributed by atoms with Gasteiger partial charge < -0.3 is 14.4 Å². The Bertz CT molecular complexity index is 1550. The Labute approximate surface area is 219 Å². The summed E-state index contributed by atoms with van der Waals surface area (Å²) in [7, 11) is -3.85. The van der Waals surface area contributed by atoms with E-state index in [1.165, 1.54) is 4.31 Å². The van der Waals surface area contributed by atoms with Gasteiger partial charge in [0.15, 0.2) is 11.5 Å². The minimum Gasteiger partial charge on any atom is -0.454 e. The number of rotatable bonds is 9. The van der Waals surface area contributed by atoms with Crippen molar-refractivity contribution in [2.24, 2.45) is 0 Å². The molecule has 1 saturated carbocycles. The number of benzene rings is 3. The molecule has 0 atom stereocenters. The smallest absolute Gasteiger partial charge is 0.243 e. The van der Waals surface area contributed by atoms with Crippen LogP contribution in [0, 0.1) is 0 Å². The lowest BCUT2D eigenvalue weighted by molar-refractivity contribution is -0.132. The summed E-state index contributed by atoms with van der Waals surface area (Å²) < 4.78 is 39.8. The molecule has 0 N–H and O–H groups in total. The third kappa shape index (κ3) is 5.07. The highest BCUT2D eigenvalue weighted by molar-refractivity contribution is 7.89. The predicted molar refractivity (Wildman–Crippen MR) is 142 cm³/mol. The molecule has 2 aliphatic rings. The molecule has 9 heteroatoms. The van der Waals surface area contributed by atoms with Gasteiger partial charge in [0.1, 0.15) is 0 Å². The average molecular weight is 535 g/mol. The molecule has 4 aromatic rings. The number of carbonyl (C=O) groups excluding carboxylic acids is 1. The van der Waals surface area contributed by atoms with Crippen LogP contribution in [-0.4, -0.2) is 42.9 Å². The average Bonchev–Trinajstić information content (AvgIpc) is 3.40. The maximum atomic E-state index is 13.7. The summed E-state index contributed by atoms with van der Waals surface area (Å²) in [6.45, 7) is 0.719. The van der Waals surface area contributed by atoms with Gasteiger partial charge in [-0.15, -0.1) is 11.3 Å². The Balaban J connectivity index is 1.27. The van der Waals surface area contributed by atoms with Crippen LogP contribution in [-0.2, 0) is 27.9 Å². The fourth-order valence-electron chi connectivity index (χ4n) is 4.55. The number of amides is 1. The quantitative estimate of drug-likeness (QED) is 0.302. The SMILES string of the molecule is O=C(CN(C1CC1)S(=O)(=O)c1ccc2ccccc2c1)N(Cc1ccc2c(c1)OCO2)Cc1cccs1. The van der Waals surface area contributed by atoms with Gasteiger partial charge in [-0.3, -0.25) is 4.79 Å². The summed E-state index contributed by atoms with van der Waals surface area (Å²) in [5.74, 6) is 1.10. The molecule has 6 rings (SSSR count). The molecule has 1 aliphatic carbocycles. The number of nitrogens with zero attached hydrogens (tertiary/aromatic N) is 2. The molecule has 3 aromatic carbocycles. The van der Waals surface area contributed by atoms with Crippen LogP contribution in [0.5, 0.6) is 11.5 Å². The van der Waals surface area contributed by atoms with Crippen molar-refractivity contribution < 1.29 is 22.7 Å². The fourth-order valence-corrected chi connectivity index (χ4v) is 6.94. The molecule has 1 fully saturated rings. The number of hydrogen-bond acceptors (Lipinski definition) is 6. The minimum atomic E-state index is -3.85. The van der Waals surface area contributed by atoms with Gasteiger partial charge in [-0.2, -0.15) is 4.31 Å². The van der Waals surface area contributed by atoms with Gasteiger partial charge in [0.2, 0.25) is 22.7 Å². The van der Waals surface area contributed by atoms with E-state index in [0.717, 1.165) is 34.1 Å². The minimum absolute atomic E-state index is 0.158. The van der Waals surface area contributed by atoms with Gasteiger partial charge in [0.05, 0.1) is 18.0 Å². The maximum absolute atomic E-state index is 13.7. The highest BCUT2D eigenvalue weighted by atomic mass is 32.2. The van der Waals surface area contributed by atoms with Crippen LogP contribution in [0.1, 0.15) is 23.3 Å². The van der Waals surface area contributed by atoms with E-state index in [2.05, 4.69) is 0 Å². The molecule has 37 heavy (non-hydrogen) atoms. The molecule has 1 aliphatic heterocycles. The molecule has 2 heterocycles. The summed E-state index contributed by atoms with van der Waals surface area (Å²) in [6.07, 6.45) is 1.51. The van der Waals surface area contributed by atoms with Crippen LogP contribution >= 0.6 is 11.3 Å². The van der Waals surface area contributed by atoms with Crippen LogP contribution in [0.25, 0.3) is 10.8 Å². The summed E-state index contributed by atoms with van der Waals surface area (Å²) in [5, 5.41) is 3.80. The van der Waals surface area contributed by atoms with Gasteiger partial charge in [0, 0.05) is 17.5 Å². The van der Waals surface area contributed by atoms with Crippen LogP contribution < -0.4 is 9.47 Å². The Morgan fingerprint density at radius 2 is 1.70 bits per heavy atom. The number of ether oxygens (including phenoxy) is 2. The normalized spacial score (nSPS) is 14.8. The van der Waals surface area contributed by atoms with E-state index in [4.69, 9.17) is 9.47 Å². The summed E-state index contributed by atoms with van der Waals surface area (Å²) in [6, 6.07) is 22.2. The zero-order valence-electron chi connectivity index (χ0n) is 20.1. The number of sulfonamides is 1. The van der Waals surface area contributed by atoms with Crippen molar-refractivity contribution in [2.75, 3.05) is 13.3 Å². The molecular formula is C28H26N2O5S2. The van der Waals surface area contributed by atoms with Crippen LogP contribution in [0.3, 0.4) is 0 Å². The number of fused-ring (bicyclic) bond motifs is 2. The van der Waals surface area contributed by atoms with E-state index < -0.39 is 10.0 Å². The second-order valence-corrected chi connectivity index (χ2v) is 12.2. The Morgan fingerprint density at radius 3 is 2.49 bits per heavy atom. The molecule has 0 bridgehead atoms. The Morgan fingerprint density at radius 1 is 0.892 bits per heavy atom. The van der Waals surface area contributed by atoms with Crippen molar-refractivity contribution in [1.82, 2.24) is 9.21 Å². The van der Waals surface area contributed by atoms with Crippen molar-refractivity contribution in [3.8, 4) is 11.5 Å². The molecular weight excluding hydrogens is 508 g/mol. The second-order valence-electron chi connectivity index (χ2n) is 9.31. The topological polar surface area (TPSA) is 76.2 Å². The first kappa shape index (κ1) is 24.0. The summed E-state index contributed by atoms with van der Waals surface area (Å²) in [5.41, 5.74) is 0.893. The molecule has 0 radical (unpaired) electrons. The Hall–Kier alpha value is -3.40. The third-order valence-corrected chi connectivity index (χ3v) is 9.42. The van der Waals surface area contributed by atoms with E-state index >= 15 is 0 Å². The first-order valence-corrected chi connectivity index (χ1v) is 14.5. The zero-order chi connectivity index (χ0) is 25.4. The van der Waals surface area contributed by atoms with Crippen LogP contribution in [0.15, 0.2) is 83.1 Å². The standard InChI is InChI=1S/C28H26N2O5S2/c31-28(29(17-24-6-3-13-36-24)16-20-7-12-26-27(14-20)35-19-34-26)18-30(23-9-10-23)37(32,33)25-11-8-21-4-1-2-5-22(21)15-25/h1-8,11-15,23H,9-10,16-19H2. The first-order valence-electron chi connectivity index (χ1n) is 12.2. The number of thiophene rings is 1. The van der Waals surface area contributed by atoms with Crippen LogP contribution in [0.4, 0.5) is 0 Å². The van der Waals surface area contributed by atoms with Gasteiger partial charge in [-0.25, -0.2) is 8.42 Å². The van der Waals surface area contributed by atoms with Gasteiger partial charge >= 0.3 is 0 Å². The van der Waals surface area contributed by atoms with Gasteiger partial charge in [-0.05, 0) is 64.9 Å². The van der Waals surface area contributed by atoms with E-state index in [0.29, 0.717) is 24.6 Å². The van der Waals surface area contributed by atoms with E-state index in [-0.39, 0.29) is 30.2 Å². The lowest BCUT2D eigenvalue weighted by atomic mass is 10.1. The molecule has 0 spiro atoms. The molecule has 0 unspecified atom stereocenters. The highest BCUT2D eigenvalue weighted by Crippen LogP contribution is 2.35. The third-order valence-electron chi connectivity index (χ3n) is 6.66. The molecule has 1 amide bonds. The van der Waals surface area contributed by atoms with Crippen LogP contribution in [0.2, 0.25) is 0 Å². The van der Waals surface area contributed by atoms with Crippen molar-refractivity contribution in [3.05, 3.63) is 88.6 Å². The molecule has 7 nitrogen and oxygen atoms in total. The highest BCUT2D eigenvalue weighted by Gasteiger charge is 2.40. The maximum Gasteiger partial charge on any atom is 0.243 e. The predicted octanol–water partition coefficient (Wildman–Crippen LogP) is 5.01. The monoisotopic (exact) mass is 534 g/mol. The van der Waals surface area contributed by atoms with Gasteiger partial charge in [-0.1, -0.05) is 42.5 Å². The van der Waals surface area contributed by atoms with E-state index in [1.54, 1.807) is 28.4 Å². The number of carbonyl (C=O) groups is 1. The summed E-state index contributed by atoms with van der Waals surface area (Å²) in [4.78, 5) is 16.7. The largest absolute Gasteiger partial charge is 0.454 e. The van der Waals surface area contributed by atoms with Crippen molar-refractivity contribution in [1.29, 1.82) is 0 Å². The zero-order valence-corrected chi connectivity index (χ0v) is 21.7. The van der Waals surface area contributed by atoms with Gasteiger partial charge in [0.25, 0.3) is 0 Å². The van der Waals surface area contributed by atoms with Crippen molar-refractivity contribution in [2.45, 2.75) is 36.9 Å².